The Kier molecular flexibility index (Phi) is 6.65. The summed E-state index contributed by atoms with van der Waals surface area (Å²) >= 11 is 1.65. The Balaban J connectivity index is 1.40. The fraction of sp³-hybridized carbons (Fsp3) is 0.333. The van der Waals surface area contributed by atoms with Gasteiger partial charge >= 0.3 is 0 Å². The van der Waals surface area contributed by atoms with Gasteiger partial charge in [0.05, 0.1) is 24.4 Å². The average Bonchev–Trinajstić information content (AvgIpc) is 3.34. The molecule has 0 amide bonds. The maximum atomic E-state index is 13.2. The van der Waals surface area contributed by atoms with Crippen molar-refractivity contribution in [1.29, 1.82) is 0 Å². The highest BCUT2D eigenvalue weighted by atomic mass is 32.2. The van der Waals surface area contributed by atoms with Gasteiger partial charge in [0, 0.05) is 17.5 Å². The molecule has 0 aliphatic carbocycles. The number of likely N-dealkylation sites (tertiary alicyclic amines) is 1. The van der Waals surface area contributed by atoms with Gasteiger partial charge in [-0.3, -0.25) is 4.90 Å². The number of ether oxygens (including phenoxy) is 2. The number of benzene rings is 2. The molecule has 0 unspecified atom stereocenters. The van der Waals surface area contributed by atoms with E-state index in [1.807, 2.05) is 47.8 Å². The first-order valence-electron chi connectivity index (χ1n) is 10.3. The van der Waals surface area contributed by atoms with Crippen molar-refractivity contribution in [1.82, 2.24) is 4.90 Å². The molecular weight excluding hydrogens is 430 g/mol. The molecule has 1 aromatic heterocycles. The van der Waals surface area contributed by atoms with Gasteiger partial charge < -0.3 is 9.47 Å². The van der Waals surface area contributed by atoms with Gasteiger partial charge in [0.1, 0.15) is 11.5 Å². The zero-order valence-electron chi connectivity index (χ0n) is 17.8. The van der Waals surface area contributed by atoms with Crippen molar-refractivity contribution in [3.63, 3.8) is 0 Å². The van der Waals surface area contributed by atoms with Gasteiger partial charge in [-0.05, 0) is 72.8 Å². The van der Waals surface area contributed by atoms with E-state index in [2.05, 4.69) is 4.90 Å². The number of piperidine rings is 1. The van der Waals surface area contributed by atoms with Crippen molar-refractivity contribution in [2.24, 2.45) is 0 Å². The zero-order valence-corrected chi connectivity index (χ0v) is 19.4. The van der Waals surface area contributed by atoms with Crippen molar-refractivity contribution in [2.75, 3.05) is 27.3 Å². The van der Waals surface area contributed by atoms with Crippen LogP contribution in [0.2, 0.25) is 0 Å². The second kappa shape index (κ2) is 9.42. The molecule has 2 aromatic carbocycles. The fourth-order valence-corrected chi connectivity index (χ4v) is 6.50. The summed E-state index contributed by atoms with van der Waals surface area (Å²) in [6, 6.07) is 17.2. The van der Waals surface area contributed by atoms with Gasteiger partial charge in [-0.25, -0.2) is 8.42 Å². The summed E-state index contributed by atoms with van der Waals surface area (Å²) in [5.41, 5.74) is 2.15. The second-order valence-corrected chi connectivity index (χ2v) is 10.9. The molecule has 0 spiro atoms. The van der Waals surface area contributed by atoms with Crippen LogP contribution in [0.1, 0.15) is 18.4 Å². The first-order chi connectivity index (χ1) is 15.0. The minimum atomic E-state index is -3.33. The molecule has 4 rings (SSSR count). The molecule has 31 heavy (non-hydrogen) atoms. The van der Waals surface area contributed by atoms with E-state index in [1.165, 1.54) is 0 Å². The van der Waals surface area contributed by atoms with Crippen molar-refractivity contribution < 1.29 is 17.9 Å². The van der Waals surface area contributed by atoms with Gasteiger partial charge in [0.2, 0.25) is 0 Å². The Morgan fingerprint density at radius 3 is 2.16 bits per heavy atom. The molecule has 164 valence electrons. The third kappa shape index (κ3) is 4.95. The minimum Gasteiger partial charge on any atom is -0.497 e. The minimum absolute atomic E-state index is 0.337. The summed E-state index contributed by atoms with van der Waals surface area (Å²) in [5, 5.41) is 1.69. The summed E-state index contributed by atoms with van der Waals surface area (Å²) in [7, 11) is -0.0470. The topological polar surface area (TPSA) is 55.8 Å². The second-order valence-electron chi connectivity index (χ2n) is 7.74. The van der Waals surface area contributed by atoms with Gasteiger partial charge in [-0.1, -0.05) is 18.2 Å². The molecule has 0 bridgehead atoms. The van der Waals surface area contributed by atoms with Crippen LogP contribution in [-0.4, -0.2) is 45.9 Å². The standard InChI is InChI=1S/C24H27NO4S2/c1-28-20-14-18(15-21(16-20)29-2)17-25-11-9-23(10-12-25)31(26,27)22-7-5-19(6-8-22)24-4-3-13-30-24/h3-8,13-16,23H,9-12,17H2,1-2H3. The van der Waals surface area contributed by atoms with Crippen LogP contribution >= 0.6 is 11.3 Å². The summed E-state index contributed by atoms with van der Waals surface area (Å²) in [5.74, 6) is 1.52. The predicted molar refractivity (Wildman–Crippen MR) is 125 cm³/mol. The van der Waals surface area contributed by atoms with Crippen LogP contribution in [0.3, 0.4) is 0 Å². The van der Waals surface area contributed by atoms with E-state index in [0.29, 0.717) is 17.7 Å². The Bertz CT molecular complexity index is 1080. The van der Waals surface area contributed by atoms with Crippen molar-refractivity contribution >= 4 is 21.2 Å². The summed E-state index contributed by atoms with van der Waals surface area (Å²) in [4.78, 5) is 3.86. The third-order valence-electron chi connectivity index (χ3n) is 5.78. The van der Waals surface area contributed by atoms with Crippen molar-refractivity contribution in [2.45, 2.75) is 29.5 Å². The lowest BCUT2D eigenvalue weighted by molar-refractivity contribution is 0.221. The molecule has 2 heterocycles. The highest BCUT2D eigenvalue weighted by molar-refractivity contribution is 7.92. The highest BCUT2D eigenvalue weighted by Crippen LogP contribution is 2.30. The lowest BCUT2D eigenvalue weighted by atomic mass is 10.1. The predicted octanol–water partition coefficient (Wildman–Crippen LogP) is 4.87. The number of hydrogen-bond acceptors (Lipinski definition) is 6. The quantitative estimate of drug-likeness (QED) is 0.507. The molecule has 1 fully saturated rings. The van der Waals surface area contributed by atoms with E-state index in [4.69, 9.17) is 9.47 Å². The summed E-state index contributed by atoms with van der Waals surface area (Å²) in [6.45, 7) is 2.24. The van der Waals surface area contributed by atoms with Crippen LogP contribution < -0.4 is 9.47 Å². The van der Waals surface area contributed by atoms with E-state index in [9.17, 15) is 8.42 Å². The molecule has 0 radical (unpaired) electrons. The molecule has 0 saturated carbocycles. The summed E-state index contributed by atoms with van der Waals surface area (Å²) in [6.07, 6.45) is 1.27. The van der Waals surface area contributed by atoms with Crippen LogP contribution in [-0.2, 0) is 16.4 Å². The maximum Gasteiger partial charge on any atom is 0.181 e. The first-order valence-corrected chi connectivity index (χ1v) is 12.7. The lowest BCUT2D eigenvalue weighted by Gasteiger charge is -2.31. The smallest absolute Gasteiger partial charge is 0.181 e. The molecule has 1 aliphatic rings. The normalized spacial score (nSPS) is 15.7. The van der Waals surface area contributed by atoms with Crippen LogP contribution in [0.4, 0.5) is 0 Å². The number of methoxy groups -OCH3 is 2. The third-order valence-corrected chi connectivity index (χ3v) is 8.98. The molecule has 0 N–H and O–H groups in total. The van der Waals surface area contributed by atoms with Gasteiger partial charge in [0.15, 0.2) is 9.84 Å². The van der Waals surface area contributed by atoms with Gasteiger partial charge in [-0.15, -0.1) is 11.3 Å². The van der Waals surface area contributed by atoms with Crippen LogP contribution in [0.5, 0.6) is 11.5 Å². The Morgan fingerprint density at radius 2 is 1.61 bits per heavy atom. The van der Waals surface area contributed by atoms with E-state index in [-0.39, 0.29) is 5.25 Å². The number of hydrogen-bond donors (Lipinski definition) is 0. The Morgan fingerprint density at radius 1 is 0.968 bits per heavy atom. The Labute approximate surface area is 188 Å². The number of rotatable bonds is 7. The van der Waals surface area contributed by atoms with Gasteiger partial charge in [0.25, 0.3) is 0 Å². The molecule has 3 aromatic rings. The van der Waals surface area contributed by atoms with E-state index >= 15 is 0 Å². The summed E-state index contributed by atoms with van der Waals surface area (Å²) < 4.78 is 37.0. The molecule has 7 heteroatoms. The molecule has 5 nitrogen and oxygen atoms in total. The monoisotopic (exact) mass is 457 g/mol. The number of sulfone groups is 1. The van der Waals surface area contributed by atoms with Crippen LogP contribution in [0, 0.1) is 0 Å². The van der Waals surface area contributed by atoms with E-state index < -0.39 is 9.84 Å². The Hall–Kier alpha value is -2.35. The van der Waals surface area contributed by atoms with E-state index in [1.54, 1.807) is 37.7 Å². The molecular formula is C24H27NO4S2. The average molecular weight is 458 g/mol. The highest BCUT2D eigenvalue weighted by Gasteiger charge is 2.31. The molecule has 1 aliphatic heterocycles. The molecule has 0 atom stereocenters. The van der Waals surface area contributed by atoms with Crippen molar-refractivity contribution in [3.8, 4) is 21.9 Å². The van der Waals surface area contributed by atoms with Crippen molar-refractivity contribution in [3.05, 3.63) is 65.5 Å². The van der Waals surface area contributed by atoms with Crippen LogP contribution in [0.25, 0.3) is 10.4 Å². The largest absolute Gasteiger partial charge is 0.497 e. The SMILES string of the molecule is COc1cc(CN2CCC(S(=O)(=O)c3ccc(-c4cccs4)cc3)CC2)cc(OC)c1. The van der Waals surface area contributed by atoms with E-state index in [0.717, 1.165) is 47.1 Å². The van der Waals surface area contributed by atoms with Crippen LogP contribution in [0.15, 0.2) is 64.9 Å². The number of thiophene rings is 1. The first kappa shape index (κ1) is 21.9. The maximum absolute atomic E-state index is 13.2. The number of nitrogens with zero attached hydrogens (tertiary/aromatic N) is 1. The van der Waals surface area contributed by atoms with Gasteiger partial charge in [-0.2, -0.15) is 0 Å². The fourth-order valence-electron chi connectivity index (χ4n) is 4.04. The molecule has 1 saturated heterocycles. The zero-order chi connectivity index (χ0) is 21.8. The lowest BCUT2D eigenvalue weighted by Crippen LogP contribution is -2.38.